The van der Waals surface area contributed by atoms with Crippen molar-refractivity contribution >= 4 is 21.6 Å². The van der Waals surface area contributed by atoms with E-state index < -0.39 is 0 Å². The van der Waals surface area contributed by atoms with Crippen LogP contribution in [0.4, 0.5) is 5.69 Å². The molecule has 1 unspecified atom stereocenters. The zero-order chi connectivity index (χ0) is 13.7. The highest BCUT2D eigenvalue weighted by Gasteiger charge is 2.19. The van der Waals surface area contributed by atoms with Crippen molar-refractivity contribution < 1.29 is 4.74 Å². The predicted octanol–water partition coefficient (Wildman–Crippen LogP) is 2.96. The smallest absolute Gasteiger partial charge is 0.0750 e. The van der Waals surface area contributed by atoms with Crippen LogP contribution in [0.2, 0.25) is 0 Å². The number of rotatable bonds is 6. The largest absolute Gasteiger partial charge is 0.376 e. The monoisotopic (exact) mass is 326 g/mol. The molecule has 1 atom stereocenters. The van der Waals surface area contributed by atoms with Gasteiger partial charge in [-0.3, -0.25) is 0 Å². The number of nitrogens with two attached hydrogens (primary N) is 1. The molecule has 1 aromatic rings. The van der Waals surface area contributed by atoms with Crippen LogP contribution in [0.25, 0.3) is 0 Å². The van der Waals surface area contributed by atoms with Crippen LogP contribution in [0.3, 0.4) is 0 Å². The molecule has 4 heteroatoms. The van der Waals surface area contributed by atoms with Crippen molar-refractivity contribution in [1.29, 1.82) is 0 Å². The molecule has 1 fully saturated rings. The zero-order valence-corrected chi connectivity index (χ0v) is 13.2. The Morgan fingerprint density at radius 1 is 1.47 bits per heavy atom. The third-order valence-electron chi connectivity index (χ3n) is 3.65. The van der Waals surface area contributed by atoms with Gasteiger partial charge in [-0.25, -0.2) is 0 Å². The highest BCUT2D eigenvalue weighted by atomic mass is 79.9. The van der Waals surface area contributed by atoms with Crippen LogP contribution >= 0.6 is 15.9 Å². The minimum atomic E-state index is 0.391. The van der Waals surface area contributed by atoms with Gasteiger partial charge in [0.2, 0.25) is 0 Å². The Bertz CT molecular complexity index is 405. The van der Waals surface area contributed by atoms with Crippen molar-refractivity contribution in [1.82, 2.24) is 0 Å². The van der Waals surface area contributed by atoms with Gasteiger partial charge in [0.05, 0.1) is 6.10 Å². The summed E-state index contributed by atoms with van der Waals surface area (Å²) in [5.74, 6) is 0. The van der Waals surface area contributed by atoms with Gasteiger partial charge in [-0.1, -0.05) is 22.0 Å². The average Bonchev–Trinajstić information content (AvgIpc) is 2.91. The molecule has 3 nitrogen and oxygen atoms in total. The van der Waals surface area contributed by atoms with Crippen LogP contribution in [0.5, 0.6) is 0 Å². The van der Waals surface area contributed by atoms with Crippen molar-refractivity contribution in [3.05, 3.63) is 28.2 Å². The van der Waals surface area contributed by atoms with Crippen LogP contribution in [-0.4, -0.2) is 32.3 Å². The number of anilines is 1. The van der Waals surface area contributed by atoms with E-state index in [1.807, 2.05) is 0 Å². The Morgan fingerprint density at radius 3 is 2.89 bits per heavy atom. The third kappa shape index (κ3) is 3.94. The third-order valence-corrected chi connectivity index (χ3v) is 4.38. The minimum Gasteiger partial charge on any atom is -0.376 e. The fraction of sp³-hybridized carbons (Fsp3) is 0.600. The number of hydrogen-bond donors (Lipinski definition) is 1. The number of hydrogen-bond acceptors (Lipinski definition) is 3. The zero-order valence-electron chi connectivity index (χ0n) is 11.6. The van der Waals surface area contributed by atoms with Gasteiger partial charge in [0.25, 0.3) is 0 Å². The maximum atomic E-state index is 5.73. The second kappa shape index (κ2) is 7.27. The molecule has 2 rings (SSSR count). The number of benzene rings is 1. The fourth-order valence-corrected chi connectivity index (χ4v) is 3.11. The molecule has 0 radical (unpaired) electrons. The molecule has 106 valence electrons. The van der Waals surface area contributed by atoms with E-state index >= 15 is 0 Å². The molecule has 1 saturated heterocycles. The molecule has 0 aliphatic carbocycles. The Labute approximate surface area is 124 Å². The summed E-state index contributed by atoms with van der Waals surface area (Å²) in [5.41, 5.74) is 8.15. The van der Waals surface area contributed by atoms with Gasteiger partial charge in [-0.05, 0) is 50.4 Å². The highest BCUT2D eigenvalue weighted by Crippen LogP contribution is 2.25. The number of likely N-dealkylation sites (N-methyl/N-ethyl adjacent to an activating group) is 1. The lowest BCUT2D eigenvalue weighted by atomic mass is 10.1. The van der Waals surface area contributed by atoms with Crippen LogP contribution in [0.1, 0.15) is 25.3 Å². The molecule has 0 bridgehead atoms. The summed E-state index contributed by atoms with van der Waals surface area (Å²) >= 11 is 3.64. The van der Waals surface area contributed by atoms with E-state index in [1.54, 1.807) is 0 Å². The van der Waals surface area contributed by atoms with Gasteiger partial charge >= 0.3 is 0 Å². The molecule has 0 amide bonds. The van der Waals surface area contributed by atoms with Crippen molar-refractivity contribution in [3.63, 3.8) is 0 Å². The molecule has 2 N–H and O–H groups in total. The maximum absolute atomic E-state index is 5.73. The first-order chi connectivity index (χ1) is 9.24. The quantitative estimate of drug-likeness (QED) is 0.873. The summed E-state index contributed by atoms with van der Waals surface area (Å²) in [6, 6.07) is 6.56. The second-order valence-electron chi connectivity index (χ2n) is 4.99. The number of ether oxygens (including phenoxy) is 1. The van der Waals surface area contributed by atoms with Crippen LogP contribution in [0.15, 0.2) is 22.7 Å². The first-order valence-corrected chi connectivity index (χ1v) is 7.89. The molecule has 1 aliphatic rings. The first-order valence-electron chi connectivity index (χ1n) is 7.09. The maximum Gasteiger partial charge on any atom is 0.0750 e. The predicted molar refractivity (Wildman–Crippen MR) is 83.8 cm³/mol. The molecular weight excluding hydrogens is 304 g/mol. The minimum absolute atomic E-state index is 0.391. The van der Waals surface area contributed by atoms with Crippen LogP contribution < -0.4 is 10.6 Å². The van der Waals surface area contributed by atoms with E-state index in [4.69, 9.17) is 10.5 Å². The van der Waals surface area contributed by atoms with Gasteiger partial charge < -0.3 is 15.4 Å². The number of nitrogens with zero attached hydrogens (tertiary/aromatic N) is 1. The van der Waals surface area contributed by atoms with Crippen LogP contribution in [0, 0.1) is 0 Å². The summed E-state index contributed by atoms with van der Waals surface area (Å²) in [6.07, 6.45) is 3.69. The van der Waals surface area contributed by atoms with Gasteiger partial charge in [-0.15, -0.1) is 0 Å². The summed E-state index contributed by atoms with van der Waals surface area (Å²) in [4.78, 5) is 2.38. The van der Waals surface area contributed by atoms with Crippen molar-refractivity contribution in [2.24, 2.45) is 5.73 Å². The SMILES string of the molecule is CCN(CC1CCCO1)c1ccc(CCN)c(Br)c1. The molecule has 1 aliphatic heterocycles. The molecular formula is C15H23BrN2O. The van der Waals surface area contributed by atoms with E-state index in [9.17, 15) is 0 Å². The summed E-state index contributed by atoms with van der Waals surface area (Å²) in [6.45, 7) is 5.78. The second-order valence-corrected chi connectivity index (χ2v) is 5.84. The molecule has 0 saturated carbocycles. The number of halogens is 1. The van der Waals surface area contributed by atoms with E-state index in [0.29, 0.717) is 12.6 Å². The van der Waals surface area contributed by atoms with E-state index in [2.05, 4.69) is 46.0 Å². The lowest BCUT2D eigenvalue weighted by molar-refractivity contribution is 0.115. The molecule has 1 aromatic carbocycles. The Balaban J connectivity index is 2.06. The summed E-state index contributed by atoms with van der Waals surface area (Å²) in [5, 5.41) is 0. The summed E-state index contributed by atoms with van der Waals surface area (Å²) in [7, 11) is 0. The van der Waals surface area contributed by atoms with Gasteiger partial charge in [0.15, 0.2) is 0 Å². The van der Waals surface area contributed by atoms with E-state index in [-0.39, 0.29) is 0 Å². The average molecular weight is 327 g/mol. The molecule has 1 heterocycles. The molecule has 0 aromatic heterocycles. The van der Waals surface area contributed by atoms with Gasteiger partial charge in [0, 0.05) is 29.9 Å². The van der Waals surface area contributed by atoms with Gasteiger partial charge in [0.1, 0.15) is 0 Å². The lowest BCUT2D eigenvalue weighted by Gasteiger charge is -2.26. The Kier molecular flexibility index (Phi) is 5.67. The van der Waals surface area contributed by atoms with E-state index in [1.165, 1.54) is 24.1 Å². The van der Waals surface area contributed by atoms with Gasteiger partial charge in [-0.2, -0.15) is 0 Å². The topological polar surface area (TPSA) is 38.5 Å². The van der Waals surface area contributed by atoms with E-state index in [0.717, 1.165) is 30.6 Å². The lowest BCUT2D eigenvalue weighted by Crippen LogP contribution is -2.32. The summed E-state index contributed by atoms with van der Waals surface area (Å²) < 4.78 is 6.88. The van der Waals surface area contributed by atoms with Crippen molar-refractivity contribution in [2.75, 3.05) is 31.1 Å². The normalized spacial score (nSPS) is 18.8. The Hall–Kier alpha value is -0.580. The highest BCUT2D eigenvalue weighted by molar-refractivity contribution is 9.10. The fourth-order valence-electron chi connectivity index (χ4n) is 2.54. The van der Waals surface area contributed by atoms with Crippen molar-refractivity contribution in [2.45, 2.75) is 32.3 Å². The van der Waals surface area contributed by atoms with Crippen LogP contribution in [-0.2, 0) is 11.2 Å². The standard InChI is InChI=1S/C15H23BrN2O/c1-2-18(11-14-4-3-9-19-14)13-6-5-12(7-8-17)15(16)10-13/h5-6,10,14H,2-4,7-9,11,17H2,1H3. The first kappa shape index (κ1) is 14.8. The molecule has 0 spiro atoms. The van der Waals surface area contributed by atoms with Crippen molar-refractivity contribution in [3.8, 4) is 0 Å². The Morgan fingerprint density at radius 2 is 2.32 bits per heavy atom. The molecule has 19 heavy (non-hydrogen) atoms.